The van der Waals surface area contributed by atoms with E-state index in [2.05, 4.69) is 23.9 Å². The van der Waals surface area contributed by atoms with Crippen molar-refractivity contribution in [3.8, 4) is 0 Å². The summed E-state index contributed by atoms with van der Waals surface area (Å²) >= 11 is 0. The van der Waals surface area contributed by atoms with Gasteiger partial charge in [-0.3, -0.25) is 9.69 Å². The molecule has 17 heavy (non-hydrogen) atoms. The quantitative estimate of drug-likeness (QED) is 0.713. The molecule has 5 heteroatoms. The zero-order valence-electron chi connectivity index (χ0n) is 11.2. The molecule has 1 saturated heterocycles. The number of aliphatic carboxylic acids is 1. The standard InChI is InChI=1S/C12H25N3O2/c1-13(2)7-8-15-6-4-5-11(9-15)14(3)10-12(16)17/h11H,4-10H2,1-3H3,(H,16,17). The summed E-state index contributed by atoms with van der Waals surface area (Å²) in [6, 6.07) is 0.391. The number of likely N-dealkylation sites (N-methyl/N-ethyl adjacent to an activating group) is 2. The Kier molecular flexibility index (Phi) is 5.88. The third-order valence-electron chi connectivity index (χ3n) is 3.35. The Hall–Kier alpha value is -0.650. The minimum absolute atomic E-state index is 0.145. The summed E-state index contributed by atoms with van der Waals surface area (Å²) in [5.74, 6) is -0.738. The molecule has 1 atom stereocenters. The van der Waals surface area contributed by atoms with Gasteiger partial charge in [0.05, 0.1) is 6.54 Å². The Balaban J connectivity index is 2.34. The van der Waals surface area contributed by atoms with E-state index in [4.69, 9.17) is 5.11 Å². The highest BCUT2D eigenvalue weighted by Crippen LogP contribution is 2.14. The lowest BCUT2D eigenvalue weighted by atomic mass is 10.0. The zero-order valence-corrected chi connectivity index (χ0v) is 11.2. The van der Waals surface area contributed by atoms with Gasteiger partial charge < -0.3 is 14.9 Å². The predicted octanol–water partition coefficient (Wildman–Crippen LogP) is 0.0288. The van der Waals surface area contributed by atoms with E-state index in [1.165, 1.54) is 6.42 Å². The van der Waals surface area contributed by atoms with Crippen LogP contribution in [0.2, 0.25) is 0 Å². The van der Waals surface area contributed by atoms with Gasteiger partial charge in [0.2, 0.25) is 0 Å². The molecule has 0 saturated carbocycles. The highest BCUT2D eigenvalue weighted by molar-refractivity contribution is 5.69. The molecule has 1 aliphatic rings. The smallest absolute Gasteiger partial charge is 0.317 e. The van der Waals surface area contributed by atoms with E-state index in [0.717, 1.165) is 32.6 Å². The molecule has 1 aliphatic heterocycles. The lowest BCUT2D eigenvalue weighted by Crippen LogP contribution is -2.49. The van der Waals surface area contributed by atoms with Crippen molar-refractivity contribution in [2.45, 2.75) is 18.9 Å². The maximum absolute atomic E-state index is 10.7. The van der Waals surface area contributed by atoms with Gasteiger partial charge >= 0.3 is 5.97 Å². The van der Waals surface area contributed by atoms with Crippen molar-refractivity contribution in [3.63, 3.8) is 0 Å². The second-order valence-corrected chi connectivity index (χ2v) is 5.21. The maximum atomic E-state index is 10.7. The van der Waals surface area contributed by atoms with Gasteiger partial charge in [-0.1, -0.05) is 0 Å². The SMILES string of the molecule is CN(C)CCN1CCCC(N(C)CC(=O)O)C1. The van der Waals surface area contributed by atoms with Gasteiger partial charge in [-0.25, -0.2) is 0 Å². The first kappa shape index (κ1) is 14.4. The Labute approximate surface area is 104 Å². The van der Waals surface area contributed by atoms with E-state index in [0.29, 0.717) is 6.04 Å². The van der Waals surface area contributed by atoms with E-state index in [1.54, 1.807) is 0 Å². The molecule has 0 aromatic carbocycles. The maximum Gasteiger partial charge on any atom is 0.317 e. The van der Waals surface area contributed by atoms with E-state index >= 15 is 0 Å². The lowest BCUT2D eigenvalue weighted by Gasteiger charge is -2.37. The van der Waals surface area contributed by atoms with Gasteiger partial charge in [0.15, 0.2) is 0 Å². The summed E-state index contributed by atoms with van der Waals surface area (Å²) in [4.78, 5) is 17.3. The molecular formula is C12H25N3O2. The van der Waals surface area contributed by atoms with Gasteiger partial charge in [0, 0.05) is 25.7 Å². The average molecular weight is 243 g/mol. The molecule has 0 aromatic heterocycles. The minimum atomic E-state index is -0.738. The topological polar surface area (TPSA) is 47.0 Å². The Morgan fingerprint density at radius 1 is 1.41 bits per heavy atom. The fraction of sp³-hybridized carbons (Fsp3) is 0.917. The van der Waals surface area contributed by atoms with E-state index in [1.807, 2.05) is 11.9 Å². The summed E-state index contributed by atoms with van der Waals surface area (Å²) < 4.78 is 0. The number of hydrogen-bond acceptors (Lipinski definition) is 4. The van der Waals surface area contributed by atoms with Gasteiger partial charge in [0.1, 0.15) is 0 Å². The van der Waals surface area contributed by atoms with Crippen LogP contribution in [0.15, 0.2) is 0 Å². The van der Waals surface area contributed by atoms with Gasteiger partial charge in [-0.2, -0.15) is 0 Å². The normalized spacial score (nSPS) is 22.3. The molecule has 100 valence electrons. The molecule has 1 unspecified atom stereocenters. The Bertz CT molecular complexity index is 246. The third kappa shape index (κ3) is 5.48. The molecule has 1 heterocycles. The number of carboxylic acids is 1. The molecule has 0 spiro atoms. The van der Waals surface area contributed by atoms with Crippen molar-refractivity contribution >= 4 is 5.97 Å². The molecule has 0 aromatic rings. The van der Waals surface area contributed by atoms with Crippen LogP contribution in [0, 0.1) is 0 Å². The lowest BCUT2D eigenvalue weighted by molar-refractivity contribution is -0.138. The van der Waals surface area contributed by atoms with Crippen LogP contribution in [0.4, 0.5) is 0 Å². The van der Waals surface area contributed by atoms with Crippen LogP contribution in [-0.4, -0.2) is 85.7 Å². The summed E-state index contributed by atoms with van der Waals surface area (Å²) in [7, 11) is 6.07. The second-order valence-electron chi connectivity index (χ2n) is 5.21. The van der Waals surface area contributed by atoms with Gasteiger partial charge in [-0.15, -0.1) is 0 Å². The summed E-state index contributed by atoms with van der Waals surface area (Å²) in [5, 5.41) is 8.79. The molecule has 5 nitrogen and oxygen atoms in total. The van der Waals surface area contributed by atoms with Crippen molar-refractivity contribution in [2.75, 3.05) is 53.9 Å². The minimum Gasteiger partial charge on any atom is -0.480 e. The molecule has 0 bridgehead atoms. The highest BCUT2D eigenvalue weighted by Gasteiger charge is 2.23. The molecule has 0 radical (unpaired) electrons. The van der Waals surface area contributed by atoms with Crippen LogP contribution in [0.3, 0.4) is 0 Å². The highest BCUT2D eigenvalue weighted by atomic mass is 16.4. The van der Waals surface area contributed by atoms with Crippen molar-refractivity contribution in [1.82, 2.24) is 14.7 Å². The number of likely N-dealkylation sites (tertiary alicyclic amines) is 1. The molecule has 0 amide bonds. The number of piperidine rings is 1. The summed E-state index contributed by atoms with van der Waals surface area (Å²) in [6.45, 7) is 4.43. The largest absolute Gasteiger partial charge is 0.480 e. The summed E-state index contributed by atoms with van der Waals surface area (Å²) in [5.41, 5.74) is 0. The fourth-order valence-electron chi connectivity index (χ4n) is 2.28. The van der Waals surface area contributed by atoms with Crippen molar-refractivity contribution < 1.29 is 9.90 Å². The van der Waals surface area contributed by atoms with Crippen molar-refractivity contribution in [1.29, 1.82) is 0 Å². The van der Waals surface area contributed by atoms with Crippen LogP contribution in [0.5, 0.6) is 0 Å². The number of hydrogen-bond donors (Lipinski definition) is 1. The molecule has 1 rings (SSSR count). The molecular weight excluding hydrogens is 218 g/mol. The molecule has 0 aliphatic carbocycles. The Morgan fingerprint density at radius 3 is 2.71 bits per heavy atom. The van der Waals surface area contributed by atoms with E-state index < -0.39 is 5.97 Å². The van der Waals surface area contributed by atoms with Crippen LogP contribution in [-0.2, 0) is 4.79 Å². The van der Waals surface area contributed by atoms with Gasteiger partial charge in [0.25, 0.3) is 0 Å². The van der Waals surface area contributed by atoms with Crippen LogP contribution in [0.25, 0.3) is 0 Å². The van der Waals surface area contributed by atoms with Crippen molar-refractivity contribution in [2.24, 2.45) is 0 Å². The second kappa shape index (κ2) is 6.93. The van der Waals surface area contributed by atoms with E-state index in [9.17, 15) is 4.79 Å². The van der Waals surface area contributed by atoms with Crippen LogP contribution < -0.4 is 0 Å². The number of carbonyl (C=O) groups is 1. The first-order valence-electron chi connectivity index (χ1n) is 6.28. The third-order valence-corrected chi connectivity index (χ3v) is 3.35. The van der Waals surface area contributed by atoms with Crippen molar-refractivity contribution in [3.05, 3.63) is 0 Å². The number of nitrogens with zero attached hydrogens (tertiary/aromatic N) is 3. The van der Waals surface area contributed by atoms with Crippen LogP contribution in [0.1, 0.15) is 12.8 Å². The fourth-order valence-corrected chi connectivity index (χ4v) is 2.28. The van der Waals surface area contributed by atoms with Crippen LogP contribution >= 0.6 is 0 Å². The average Bonchev–Trinajstić information content (AvgIpc) is 2.26. The summed E-state index contributed by atoms with van der Waals surface area (Å²) in [6.07, 6.45) is 2.28. The first-order valence-corrected chi connectivity index (χ1v) is 6.28. The predicted molar refractivity (Wildman–Crippen MR) is 68.3 cm³/mol. The Morgan fingerprint density at radius 2 is 2.12 bits per heavy atom. The van der Waals surface area contributed by atoms with E-state index in [-0.39, 0.29) is 6.54 Å². The zero-order chi connectivity index (χ0) is 12.8. The molecule has 1 fully saturated rings. The number of rotatable bonds is 6. The first-order chi connectivity index (χ1) is 7.99. The number of carboxylic acid groups (broad SMARTS) is 1. The monoisotopic (exact) mass is 243 g/mol. The van der Waals surface area contributed by atoms with Gasteiger partial charge in [-0.05, 0) is 40.5 Å². The molecule has 1 N–H and O–H groups in total.